The summed E-state index contributed by atoms with van der Waals surface area (Å²) in [6.07, 6.45) is 6.33. The van der Waals surface area contributed by atoms with Crippen LogP contribution in [0.25, 0.3) is 22.3 Å². The number of anilines is 1. The molecule has 7 nitrogen and oxygen atoms in total. The second-order valence-corrected chi connectivity index (χ2v) is 8.83. The zero-order valence-corrected chi connectivity index (χ0v) is 18.2. The van der Waals surface area contributed by atoms with E-state index in [0.29, 0.717) is 39.7 Å². The van der Waals surface area contributed by atoms with E-state index in [1.165, 1.54) is 37.0 Å². The zero-order valence-electron chi connectivity index (χ0n) is 16.6. The van der Waals surface area contributed by atoms with E-state index in [9.17, 15) is 9.90 Å². The standard InChI is InChI=1S/C22H20ClN5O2S/c23-18-10-17-20(26-22(30)15-11-24-31-12-15)27-28(9-1-2-13-3-4-13)21(17)25-19(18)14-5-7-16(29)8-6-14/h5-8,10-13,29H,1-4,9H2,(H,26,27,30). The van der Waals surface area contributed by atoms with Gasteiger partial charge in [0, 0.05) is 17.5 Å². The molecular weight excluding hydrogens is 434 g/mol. The summed E-state index contributed by atoms with van der Waals surface area (Å²) in [6, 6.07) is 8.54. The summed E-state index contributed by atoms with van der Waals surface area (Å²) in [5.41, 5.74) is 2.56. The van der Waals surface area contributed by atoms with Crippen LogP contribution in [0.15, 0.2) is 41.9 Å². The van der Waals surface area contributed by atoms with Crippen LogP contribution in [-0.4, -0.2) is 30.2 Å². The van der Waals surface area contributed by atoms with Gasteiger partial charge in [-0.3, -0.25) is 4.79 Å². The Kier molecular flexibility index (Phi) is 5.33. The SMILES string of the molecule is O=C(Nc1nn(CCCC2CC2)c2nc(-c3ccc(O)cc3)c(Cl)cc12)c1cnsc1. The van der Waals surface area contributed by atoms with Crippen LogP contribution >= 0.6 is 23.1 Å². The lowest BCUT2D eigenvalue weighted by Gasteiger charge is -2.07. The molecule has 5 rings (SSSR count). The molecule has 1 fully saturated rings. The summed E-state index contributed by atoms with van der Waals surface area (Å²) in [5.74, 6) is 1.18. The molecule has 0 atom stereocenters. The van der Waals surface area contributed by atoms with Crippen LogP contribution in [0.2, 0.25) is 5.02 Å². The zero-order chi connectivity index (χ0) is 21.4. The number of benzene rings is 1. The molecule has 0 radical (unpaired) electrons. The normalized spacial score (nSPS) is 13.6. The largest absolute Gasteiger partial charge is 0.508 e. The minimum Gasteiger partial charge on any atom is -0.508 e. The van der Waals surface area contributed by atoms with Crippen LogP contribution in [0, 0.1) is 5.92 Å². The van der Waals surface area contributed by atoms with Crippen LogP contribution in [0.4, 0.5) is 5.82 Å². The molecule has 0 saturated heterocycles. The number of nitrogens with one attached hydrogen (secondary N) is 1. The highest BCUT2D eigenvalue weighted by atomic mass is 35.5. The molecule has 3 heterocycles. The van der Waals surface area contributed by atoms with E-state index in [4.69, 9.17) is 16.6 Å². The van der Waals surface area contributed by atoms with Gasteiger partial charge in [-0.1, -0.05) is 24.4 Å². The molecule has 0 unspecified atom stereocenters. The van der Waals surface area contributed by atoms with Crippen molar-refractivity contribution in [3.63, 3.8) is 0 Å². The maximum absolute atomic E-state index is 12.6. The van der Waals surface area contributed by atoms with Crippen molar-refractivity contribution in [1.29, 1.82) is 0 Å². The predicted molar refractivity (Wildman–Crippen MR) is 122 cm³/mol. The number of hydrogen-bond donors (Lipinski definition) is 2. The van der Waals surface area contributed by atoms with E-state index in [-0.39, 0.29) is 11.7 Å². The summed E-state index contributed by atoms with van der Waals surface area (Å²) in [5, 5.41) is 20.0. The smallest absolute Gasteiger partial charge is 0.259 e. The van der Waals surface area contributed by atoms with E-state index in [1.54, 1.807) is 35.7 Å². The average molecular weight is 454 g/mol. The van der Waals surface area contributed by atoms with Gasteiger partial charge < -0.3 is 10.4 Å². The number of carbonyl (C=O) groups excluding carboxylic acids is 1. The third-order valence-corrected chi connectivity index (χ3v) is 6.30. The van der Waals surface area contributed by atoms with Gasteiger partial charge in [0.25, 0.3) is 5.91 Å². The Morgan fingerprint density at radius 1 is 1.29 bits per heavy atom. The van der Waals surface area contributed by atoms with Gasteiger partial charge in [-0.25, -0.2) is 14.0 Å². The molecular formula is C22H20ClN5O2S. The van der Waals surface area contributed by atoms with Gasteiger partial charge in [0.1, 0.15) is 5.75 Å². The van der Waals surface area contributed by atoms with Crippen molar-refractivity contribution >= 4 is 45.9 Å². The Balaban J connectivity index is 1.53. The number of fused-ring (bicyclic) bond motifs is 1. The van der Waals surface area contributed by atoms with E-state index in [2.05, 4.69) is 14.8 Å². The third-order valence-electron chi connectivity index (χ3n) is 5.42. The van der Waals surface area contributed by atoms with Gasteiger partial charge in [-0.05, 0) is 60.6 Å². The summed E-state index contributed by atoms with van der Waals surface area (Å²) < 4.78 is 5.83. The molecule has 158 valence electrons. The van der Waals surface area contributed by atoms with Crippen LogP contribution in [-0.2, 0) is 6.54 Å². The van der Waals surface area contributed by atoms with Crippen molar-refractivity contribution in [1.82, 2.24) is 19.1 Å². The van der Waals surface area contributed by atoms with Crippen molar-refractivity contribution in [2.45, 2.75) is 32.2 Å². The van der Waals surface area contributed by atoms with Gasteiger partial charge in [-0.2, -0.15) is 5.10 Å². The highest BCUT2D eigenvalue weighted by Crippen LogP contribution is 2.35. The Morgan fingerprint density at radius 3 is 2.81 bits per heavy atom. The molecule has 1 amide bonds. The average Bonchev–Trinajstić information content (AvgIpc) is 3.30. The minimum atomic E-state index is -0.267. The fraction of sp³-hybridized carbons (Fsp3) is 0.273. The first kappa shape index (κ1) is 20.0. The fourth-order valence-corrected chi connectivity index (χ4v) is 4.35. The number of aromatic hydroxyl groups is 1. The highest BCUT2D eigenvalue weighted by Gasteiger charge is 2.22. The van der Waals surface area contributed by atoms with Gasteiger partial charge in [-0.15, -0.1) is 0 Å². The molecule has 0 bridgehead atoms. The molecule has 1 aliphatic carbocycles. The monoisotopic (exact) mass is 453 g/mol. The molecule has 0 aliphatic heterocycles. The summed E-state index contributed by atoms with van der Waals surface area (Å²) >= 11 is 7.79. The number of phenolic OH excluding ortho intramolecular Hbond substituents is 1. The molecule has 1 aliphatic rings. The quantitative estimate of drug-likeness (QED) is 0.393. The van der Waals surface area contributed by atoms with Crippen LogP contribution in [0.5, 0.6) is 5.75 Å². The topological polar surface area (TPSA) is 92.9 Å². The first-order valence-corrected chi connectivity index (χ1v) is 11.4. The molecule has 1 saturated carbocycles. The maximum atomic E-state index is 12.6. The lowest BCUT2D eigenvalue weighted by molar-refractivity contribution is 0.102. The van der Waals surface area contributed by atoms with Crippen molar-refractivity contribution in [3.05, 3.63) is 52.5 Å². The van der Waals surface area contributed by atoms with Gasteiger partial charge in [0.05, 0.1) is 27.9 Å². The number of nitrogens with zero attached hydrogens (tertiary/aromatic N) is 4. The van der Waals surface area contributed by atoms with Crippen LogP contribution < -0.4 is 5.32 Å². The fourth-order valence-electron chi connectivity index (χ4n) is 3.58. The Hall–Kier alpha value is -2.97. The van der Waals surface area contributed by atoms with Crippen molar-refractivity contribution < 1.29 is 9.90 Å². The number of pyridine rings is 1. The first-order valence-electron chi connectivity index (χ1n) is 10.2. The second kappa shape index (κ2) is 8.28. The Bertz CT molecular complexity index is 1230. The minimum absolute atomic E-state index is 0.180. The number of hydrogen-bond acceptors (Lipinski definition) is 6. The molecule has 1 aromatic carbocycles. The van der Waals surface area contributed by atoms with Gasteiger partial charge >= 0.3 is 0 Å². The van der Waals surface area contributed by atoms with E-state index in [1.807, 2.05) is 4.68 Å². The van der Waals surface area contributed by atoms with Crippen molar-refractivity contribution in [2.24, 2.45) is 5.92 Å². The third kappa shape index (κ3) is 4.26. The molecule has 31 heavy (non-hydrogen) atoms. The lowest BCUT2D eigenvalue weighted by Crippen LogP contribution is -2.12. The maximum Gasteiger partial charge on any atom is 0.259 e. The molecule has 0 spiro atoms. The molecule has 9 heteroatoms. The Labute approximate surface area is 187 Å². The summed E-state index contributed by atoms with van der Waals surface area (Å²) in [4.78, 5) is 17.4. The number of aromatic nitrogens is 4. The number of amides is 1. The van der Waals surface area contributed by atoms with E-state index < -0.39 is 0 Å². The van der Waals surface area contributed by atoms with Crippen molar-refractivity contribution in [2.75, 3.05) is 5.32 Å². The molecule has 3 aromatic heterocycles. The number of rotatable bonds is 7. The number of halogens is 1. The molecule has 4 aromatic rings. The number of aryl methyl sites for hydroxylation is 1. The second-order valence-electron chi connectivity index (χ2n) is 7.76. The van der Waals surface area contributed by atoms with E-state index >= 15 is 0 Å². The highest BCUT2D eigenvalue weighted by molar-refractivity contribution is 7.03. The predicted octanol–water partition coefficient (Wildman–Crippen LogP) is 5.36. The van der Waals surface area contributed by atoms with Gasteiger partial charge in [0.15, 0.2) is 11.5 Å². The molecule has 2 N–H and O–H groups in total. The van der Waals surface area contributed by atoms with Crippen molar-refractivity contribution in [3.8, 4) is 17.0 Å². The first-order chi connectivity index (χ1) is 15.1. The summed E-state index contributed by atoms with van der Waals surface area (Å²) in [6.45, 7) is 0.715. The van der Waals surface area contributed by atoms with Gasteiger partial charge in [0.2, 0.25) is 0 Å². The number of phenols is 1. The lowest BCUT2D eigenvalue weighted by atomic mass is 10.1. The van der Waals surface area contributed by atoms with Crippen LogP contribution in [0.3, 0.4) is 0 Å². The van der Waals surface area contributed by atoms with E-state index in [0.717, 1.165) is 17.9 Å². The Morgan fingerprint density at radius 2 is 2.10 bits per heavy atom. The van der Waals surface area contributed by atoms with Crippen LogP contribution in [0.1, 0.15) is 36.0 Å². The summed E-state index contributed by atoms with van der Waals surface area (Å²) in [7, 11) is 0. The number of carbonyl (C=O) groups is 1.